The van der Waals surface area contributed by atoms with Crippen LogP contribution >= 0.6 is 0 Å². The van der Waals surface area contributed by atoms with Crippen LogP contribution in [0.25, 0.3) is 66.2 Å². The molecule has 0 bridgehead atoms. The van der Waals surface area contributed by atoms with E-state index in [2.05, 4.69) is 91.9 Å². The Morgan fingerprint density at radius 2 is 1.22 bits per heavy atom. The molecule has 0 atom stereocenters. The largest absolute Gasteiger partial charge is 0.457 e. The Kier molecular flexibility index (Phi) is 4.51. The fourth-order valence-corrected chi connectivity index (χ4v) is 6.23. The van der Waals surface area contributed by atoms with E-state index in [1.807, 2.05) is 42.6 Å². The van der Waals surface area contributed by atoms with E-state index in [0.717, 1.165) is 55.5 Å². The Labute approximate surface area is 234 Å². The van der Waals surface area contributed by atoms with Gasteiger partial charge in [0.2, 0.25) is 5.95 Å². The van der Waals surface area contributed by atoms with Gasteiger partial charge in [0, 0.05) is 52.3 Å². The standard InChI is InChI=1S/C35H21N5O/c1-2-9-28-26(8-1)27-15-14-24(20-30(27)40(28)35-37-17-6-18-38-35)41-25-19-23-13-12-22-7-5-10-29-33(22)34(23)31(21-25)39(29)32-11-3-4-16-36-32/h1-21H. The van der Waals surface area contributed by atoms with Gasteiger partial charge >= 0.3 is 0 Å². The number of para-hydroxylation sites is 1. The zero-order chi connectivity index (χ0) is 26.9. The molecule has 9 rings (SSSR count). The van der Waals surface area contributed by atoms with Gasteiger partial charge in [-0.05, 0) is 59.3 Å². The molecule has 0 saturated heterocycles. The fraction of sp³-hybridized carbons (Fsp3) is 0. The molecule has 0 fully saturated rings. The second-order valence-electron chi connectivity index (χ2n) is 10.2. The van der Waals surface area contributed by atoms with Gasteiger partial charge in [0.25, 0.3) is 0 Å². The van der Waals surface area contributed by atoms with Crippen LogP contribution in [0, 0.1) is 0 Å². The summed E-state index contributed by atoms with van der Waals surface area (Å²) in [5, 5.41) is 7.07. The molecule has 0 aliphatic carbocycles. The fourth-order valence-electron chi connectivity index (χ4n) is 6.23. The topological polar surface area (TPSA) is 57.8 Å². The Hall–Kier alpha value is -5.75. The summed E-state index contributed by atoms with van der Waals surface area (Å²) < 4.78 is 10.9. The smallest absolute Gasteiger partial charge is 0.234 e. The minimum atomic E-state index is 0.627. The molecule has 192 valence electrons. The van der Waals surface area contributed by atoms with Crippen molar-refractivity contribution in [2.75, 3.05) is 0 Å². The van der Waals surface area contributed by atoms with Crippen molar-refractivity contribution in [3.05, 3.63) is 128 Å². The number of pyridine rings is 1. The number of nitrogens with zero attached hydrogens (tertiary/aromatic N) is 5. The highest BCUT2D eigenvalue weighted by molar-refractivity contribution is 6.24. The molecular formula is C35H21N5O. The summed E-state index contributed by atoms with van der Waals surface area (Å²) >= 11 is 0. The lowest BCUT2D eigenvalue weighted by molar-refractivity contribution is 0.484. The van der Waals surface area contributed by atoms with Gasteiger partial charge in [0.05, 0.1) is 22.1 Å². The summed E-state index contributed by atoms with van der Waals surface area (Å²) in [7, 11) is 0. The second kappa shape index (κ2) is 8.37. The Balaban J connectivity index is 1.26. The van der Waals surface area contributed by atoms with E-state index in [0.29, 0.717) is 5.95 Å². The lowest BCUT2D eigenvalue weighted by atomic mass is 10.0. The van der Waals surface area contributed by atoms with Crippen molar-refractivity contribution in [2.24, 2.45) is 0 Å². The molecule has 41 heavy (non-hydrogen) atoms. The van der Waals surface area contributed by atoms with Crippen LogP contribution in [0.5, 0.6) is 11.5 Å². The molecular weight excluding hydrogens is 506 g/mol. The molecule has 0 spiro atoms. The van der Waals surface area contributed by atoms with Gasteiger partial charge in [-0.25, -0.2) is 15.0 Å². The third-order valence-electron chi connectivity index (χ3n) is 7.88. The highest BCUT2D eigenvalue weighted by Gasteiger charge is 2.19. The van der Waals surface area contributed by atoms with Gasteiger partial charge in [-0.1, -0.05) is 48.5 Å². The van der Waals surface area contributed by atoms with Crippen LogP contribution in [0.3, 0.4) is 0 Å². The zero-order valence-corrected chi connectivity index (χ0v) is 21.8. The molecule has 0 saturated carbocycles. The second-order valence-corrected chi connectivity index (χ2v) is 10.2. The number of fused-ring (bicyclic) bond motifs is 3. The van der Waals surface area contributed by atoms with Gasteiger partial charge in [0.1, 0.15) is 17.3 Å². The summed E-state index contributed by atoms with van der Waals surface area (Å²) in [6.45, 7) is 0. The van der Waals surface area contributed by atoms with Gasteiger partial charge in [-0.3, -0.25) is 9.13 Å². The van der Waals surface area contributed by atoms with Crippen LogP contribution < -0.4 is 4.74 Å². The molecule has 6 nitrogen and oxygen atoms in total. The van der Waals surface area contributed by atoms with Crippen molar-refractivity contribution < 1.29 is 4.74 Å². The minimum Gasteiger partial charge on any atom is -0.457 e. The average Bonchev–Trinajstić information content (AvgIpc) is 3.54. The number of ether oxygens (including phenoxy) is 1. The number of benzene rings is 5. The highest BCUT2D eigenvalue weighted by atomic mass is 16.5. The molecule has 0 aliphatic rings. The summed E-state index contributed by atoms with van der Waals surface area (Å²) in [4.78, 5) is 13.8. The van der Waals surface area contributed by atoms with E-state index in [1.165, 1.54) is 16.2 Å². The van der Waals surface area contributed by atoms with Gasteiger partial charge in [-0.15, -0.1) is 0 Å². The van der Waals surface area contributed by atoms with Gasteiger partial charge in [0.15, 0.2) is 0 Å². The number of hydrogen-bond acceptors (Lipinski definition) is 4. The Morgan fingerprint density at radius 3 is 2.12 bits per heavy atom. The van der Waals surface area contributed by atoms with E-state index < -0.39 is 0 Å². The van der Waals surface area contributed by atoms with Crippen molar-refractivity contribution in [2.45, 2.75) is 0 Å². The monoisotopic (exact) mass is 527 g/mol. The number of hydrogen-bond donors (Lipinski definition) is 0. The van der Waals surface area contributed by atoms with Gasteiger partial charge < -0.3 is 4.74 Å². The van der Waals surface area contributed by atoms with Crippen molar-refractivity contribution in [3.8, 4) is 23.3 Å². The Morgan fingerprint density at radius 1 is 0.463 bits per heavy atom. The van der Waals surface area contributed by atoms with E-state index in [1.54, 1.807) is 12.4 Å². The predicted octanol–water partition coefficient (Wildman–Crippen LogP) is 8.45. The van der Waals surface area contributed by atoms with Crippen LogP contribution in [-0.2, 0) is 0 Å². The highest BCUT2D eigenvalue weighted by Crippen LogP contribution is 2.42. The van der Waals surface area contributed by atoms with E-state index in [-0.39, 0.29) is 0 Å². The van der Waals surface area contributed by atoms with E-state index in [9.17, 15) is 0 Å². The number of rotatable bonds is 4. The van der Waals surface area contributed by atoms with Crippen LogP contribution in [0.2, 0.25) is 0 Å². The maximum Gasteiger partial charge on any atom is 0.234 e. The quantitative estimate of drug-likeness (QED) is 0.216. The van der Waals surface area contributed by atoms with E-state index in [4.69, 9.17) is 9.72 Å². The maximum atomic E-state index is 6.61. The first-order chi connectivity index (χ1) is 20.3. The predicted molar refractivity (Wildman–Crippen MR) is 164 cm³/mol. The van der Waals surface area contributed by atoms with Crippen molar-refractivity contribution >= 4 is 54.4 Å². The first-order valence-corrected chi connectivity index (χ1v) is 13.5. The molecule has 0 unspecified atom stereocenters. The summed E-state index contributed by atoms with van der Waals surface area (Å²) in [5.74, 6) is 3.01. The molecule has 5 aromatic carbocycles. The Bertz CT molecular complexity index is 2390. The maximum absolute atomic E-state index is 6.61. The first-order valence-electron chi connectivity index (χ1n) is 13.5. The first kappa shape index (κ1) is 22.1. The van der Waals surface area contributed by atoms with Crippen molar-refractivity contribution in [1.29, 1.82) is 0 Å². The van der Waals surface area contributed by atoms with E-state index >= 15 is 0 Å². The number of aromatic nitrogens is 5. The molecule has 9 aromatic rings. The third-order valence-corrected chi connectivity index (χ3v) is 7.88. The van der Waals surface area contributed by atoms with Crippen molar-refractivity contribution in [3.63, 3.8) is 0 Å². The van der Waals surface area contributed by atoms with Gasteiger partial charge in [-0.2, -0.15) is 0 Å². The molecule has 0 amide bonds. The molecule has 6 heteroatoms. The molecule has 4 heterocycles. The van der Waals surface area contributed by atoms with Crippen molar-refractivity contribution in [1.82, 2.24) is 24.1 Å². The van der Waals surface area contributed by atoms with Crippen LogP contribution in [0.1, 0.15) is 0 Å². The molecule has 0 radical (unpaired) electrons. The summed E-state index contributed by atoms with van der Waals surface area (Å²) in [6, 6.07) is 37.4. The zero-order valence-electron chi connectivity index (χ0n) is 21.8. The van der Waals surface area contributed by atoms with Crippen LogP contribution in [0.15, 0.2) is 128 Å². The average molecular weight is 528 g/mol. The molecule has 0 N–H and O–H groups in total. The van der Waals surface area contributed by atoms with Crippen LogP contribution in [0.4, 0.5) is 0 Å². The normalized spacial score (nSPS) is 11.9. The lowest BCUT2D eigenvalue weighted by Crippen LogP contribution is -1.99. The lowest BCUT2D eigenvalue weighted by Gasteiger charge is -2.11. The minimum absolute atomic E-state index is 0.627. The molecule has 0 aliphatic heterocycles. The molecule has 4 aromatic heterocycles. The summed E-state index contributed by atoms with van der Waals surface area (Å²) in [5.41, 5.74) is 4.24. The third kappa shape index (κ3) is 3.22. The SMILES string of the molecule is c1ccc(-n2c3cccc4ccc5cc(Oc6ccc7c8ccccc8n(-c8ncccn8)c7c6)cc2c5c43)nc1. The summed E-state index contributed by atoms with van der Waals surface area (Å²) in [6.07, 6.45) is 5.37. The van der Waals surface area contributed by atoms with Crippen LogP contribution in [-0.4, -0.2) is 24.1 Å².